The summed E-state index contributed by atoms with van der Waals surface area (Å²) in [7, 11) is 0. The minimum Gasteiger partial charge on any atom is -0.326 e. The Kier molecular flexibility index (Phi) is 6.69. The summed E-state index contributed by atoms with van der Waals surface area (Å²) in [5, 5.41) is 3.00. The van der Waals surface area contributed by atoms with Gasteiger partial charge < -0.3 is 10.2 Å². The molecule has 1 amide bonds. The highest BCUT2D eigenvalue weighted by molar-refractivity contribution is 6.30. The first-order chi connectivity index (χ1) is 12.8. The second-order valence-corrected chi connectivity index (χ2v) is 8.29. The fourth-order valence-electron chi connectivity index (χ4n) is 4.04. The zero-order valence-electron chi connectivity index (χ0n) is 15.3. The second-order valence-electron chi connectivity index (χ2n) is 7.85. The van der Waals surface area contributed by atoms with Crippen molar-refractivity contribution in [1.29, 1.82) is 0 Å². The van der Waals surface area contributed by atoms with Gasteiger partial charge in [-0.2, -0.15) is 0 Å². The summed E-state index contributed by atoms with van der Waals surface area (Å²) >= 11 is 5.81. The molecule has 0 spiro atoms. The number of hydrogen-bond acceptors (Lipinski definition) is 2. The Morgan fingerprint density at radius 1 is 1.15 bits per heavy atom. The number of hydrogen-bond donors (Lipinski definition) is 1. The molecular formula is C20H26ClF3N2O. The number of benzene rings is 1. The Bertz CT molecular complexity index is 632. The molecule has 1 aliphatic carbocycles. The first kappa shape index (κ1) is 20.5. The highest BCUT2D eigenvalue weighted by Crippen LogP contribution is 2.37. The van der Waals surface area contributed by atoms with Crippen molar-refractivity contribution in [2.75, 3.05) is 25.0 Å². The average molecular weight is 403 g/mol. The van der Waals surface area contributed by atoms with Gasteiger partial charge in [0.15, 0.2) is 0 Å². The minimum atomic E-state index is -2.46. The van der Waals surface area contributed by atoms with Crippen molar-refractivity contribution < 1.29 is 18.0 Å². The van der Waals surface area contributed by atoms with E-state index in [0.717, 1.165) is 38.9 Å². The van der Waals surface area contributed by atoms with E-state index >= 15 is 0 Å². The van der Waals surface area contributed by atoms with Gasteiger partial charge in [0.1, 0.15) is 5.82 Å². The molecule has 3 nitrogen and oxygen atoms in total. The summed E-state index contributed by atoms with van der Waals surface area (Å²) < 4.78 is 39.8. The smallest absolute Gasteiger partial charge is 0.248 e. The van der Waals surface area contributed by atoms with Crippen LogP contribution >= 0.6 is 11.6 Å². The molecule has 7 heteroatoms. The predicted octanol–water partition coefficient (Wildman–Crippen LogP) is 5.35. The van der Waals surface area contributed by atoms with Crippen LogP contribution in [-0.4, -0.2) is 36.4 Å². The van der Waals surface area contributed by atoms with E-state index in [1.54, 1.807) is 0 Å². The van der Waals surface area contributed by atoms with Crippen molar-refractivity contribution in [3.05, 3.63) is 29.0 Å². The van der Waals surface area contributed by atoms with Crippen LogP contribution in [0.5, 0.6) is 0 Å². The van der Waals surface area contributed by atoms with Crippen LogP contribution in [-0.2, 0) is 4.79 Å². The van der Waals surface area contributed by atoms with Crippen molar-refractivity contribution in [3.8, 4) is 0 Å². The summed E-state index contributed by atoms with van der Waals surface area (Å²) in [6, 6.07) is 3.99. The fourth-order valence-corrected chi connectivity index (χ4v) is 4.26. The zero-order valence-corrected chi connectivity index (χ0v) is 16.1. The topological polar surface area (TPSA) is 32.3 Å². The van der Waals surface area contributed by atoms with E-state index in [0.29, 0.717) is 24.4 Å². The minimum absolute atomic E-state index is 0.0179. The van der Waals surface area contributed by atoms with Crippen molar-refractivity contribution in [3.63, 3.8) is 0 Å². The lowest BCUT2D eigenvalue weighted by Gasteiger charge is -2.33. The van der Waals surface area contributed by atoms with Gasteiger partial charge >= 0.3 is 0 Å². The van der Waals surface area contributed by atoms with E-state index < -0.39 is 11.7 Å². The maximum Gasteiger partial charge on any atom is 0.248 e. The third-order valence-corrected chi connectivity index (χ3v) is 6.00. The molecule has 1 saturated carbocycles. The van der Waals surface area contributed by atoms with Crippen molar-refractivity contribution in [1.82, 2.24) is 4.90 Å². The molecule has 3 rings (SSSR count). The van der Waals surface area contributed by atoms with Crippen LogP contribution in [0.25, 0.3) is 0 Å². The SMILES string of the molecule is O=C(Nc1cc(F)cc(Cl)c1)C1CCN(CCC2CCC(F)(F)CC2)CC1. The Morgan fingerprint density at radius 3 is 2.44 bits per heavy atom. The molecular weight excluding hydrogens is 377 g/mol. The van der Waals surface area contributed by atoms with Crippen LogP contribution < -0.4 is 5.32 Å². The first-order valence-corrected chi connectivity index (χ1v) is 10.1. The van der Waals surface area contributed by atoms with Crippen LogP contribution in [0, 0.1) is 17.7 Å². The monoisotopic (exact) mass is 402 g/mol. The molecule has 0 unspecified atom stereocenters. The third kappa shape index (κ3) is 6.11. The van der Waals surface area contributed by atoms with Crippen LogP contribution in [0.3, 0.4) is 0 Å². The van der Waals surface area contributed by atoms with E-state index in [2.05, 4.69) is 10.2 Å². The summed E-state index contributed by atoms with van der Waals surface area (Å²) in [6.07, 6.45) is 3.71. The number of rotatable bonds is 5. The second kappa shape index (κ2) is 8.82. The number of carbonyl (C=O) groups is 1. The van der Waals surface area contributed by atoms with Gasteiger partial charge in [-0.25, -0.2) is 13.2 Å². The molecule has 0 radical (unpaired) electrons. The lowest BCUT2D eigenvalue weighted by atomic mass is 9.84. The summed E-state index contributed by atoms with van der Waals surface area (Å²) in [5.41, 5.74) is 0.376. The Morgan fingerprint density at radius 2 is 1.81 bits per heavy atom. The summed E-state index contributed by atoms with van der Waals surface area (Å²) in [4.78, 5) is 14.7. The van der Waals surface area contributed by atoms with Gasteiger partial charge in [0, 0.05) is 29.5 Å². The van der Waals surface area contributed by atoms with E-state index in [4.69, 9.17) is 11.6 Å². The highest BCUT2D eigenvalue weighted by atomic mass is 35.5. The highest BCUT2D eigenvalue weighted by Gasteiger charge is 2.35. The first-order valence-electron chi connectivity index (χ1n) is 9.68. The Balaban J connectivity index is 1.39. The molecule has 1 N–H and O–H groups in total. The zero-order chi connectivity index (χ0) is 19.4. The molecule has 2 fully saturated rings. The number of carbonyl (C=O) groups excluding carboxylic acids is 1. The van der Waals surface area contributed by atoms with E-state index in [9.17, 15) is 18.0 Å². The van der Waals surface area contributed by atoms with Crippen molar-refractivity contribution in [2.45, 2.75) is 50.9 Å². The quantitative estimate of drug-likeness (QED) is 0.720. The number of piperidine rings is 1. The maximum absolute atomic E-state index is 13.4. The maximum atomic E-state index is 13.4. The van der Waals surface area contributed by atoms with Gasteiger partial charge in [-0.1, -0.05) is 11.6 Å². The van der Waals surface area contributed by atoms with Gasteiger partial charge in [0.2, 0.25) is 11.8 Å². The van der Waals surface area contributed by atoms with E-state index in [1.165, 1.54) is 18.2 Å². The molecule has 0 atom stereocenters. The fraction of sp³-hybridized carbons (Fsp3) is 0.650. The van der Waals surface area contributed by atoms with Crippen molar-refractivity contribution in [2.24, 2.45) is 11.8 Å². The van der Waals surface area contributed by atoms with Gasteiger partial charge in [-0.05, 0) is 75.9 Å². The number of nitrogens with zero attached hydrogens (tertiary/aromatic N) is 1. The number of amides is 1. The molecule has 1 aromatic carbocycles. The van der Waals surface area contributed by atoms with Crippen LogP contribution in [0.1, 0.15) is 44.9 Å². The molecule has 0 aromatic heterocycles. The molecule has 27 heavy (non-hydrogen) atoms. The van der Waals surface area contributed by atoms with Gasteiger partial charge in [-0.15, -0.1) is 0 Å². The van der Waals surface area contributed by atoms with Gasteiger partial charge in [0.05, 0.1) is 0 Å². The molecule has 150 valence electrons. The lowest BCUT2D eigenvalue weighted by Crippen LogP contribution is -2.39. The van der Waals surface area contributed by atoms with Crippen LogP contribution in [0.4, 0.5) is 18.9 Å². The number of likely N-dealkylation sites (tertiary alicyclic amines) is 1. The number of nitrogens with one attached hydrogen (secondary N) is 1. The van der Waals surface area contributed by atoms with Gasteiger partial charge in [-0.3, -0.25) is 4.79 Å². The van der Waals surface area contributed by atoms with Crippen molar-refractivity contribution >= 4 is 23.2 Å². The molecule has 1 aliphatic heterocycles. The third-order valence-electron chi connectivity index (χ3n) is 5.78. The number of anilines is 1. The molecule has 1 aromatic rings. The normalized spacial score (nSPS) is 21.9. The largest absolute Gasteiger partial charge is 0.326 e. The van der Waals surface area contributed by atoms with Gasteiger partial charge in [0.25, 0.3) is 0 Å². The number of alkyl halides is 2. The Labute approximate surface area is 163 Å². The molecule has 1 saturated heterocycles. The summed E-state index contributed by atoms with van der Waals surface area (Å²) in [5.74, 6) is -2.76. The molecule has 1 heterocycles. The van der Waals surface area contributed by atoms with E-state index in [-0.39, 0.29) is 29.7 Å². The summed E-state index contributed by atoms with van der Waals surface area (Å²) in [6.45, 7) is 2.56. The Hall–Kier alpha value is -1.27. The lowest BCUT2D eigenvalue weighted by molar-refractivity contribution is -0.121. The molecule has 2 aliphatic rings. The standard InChI is InChI=1S/C20H26ClF3N2O/c21-16-11-17(22)13-18(12-16)25-19(27)15-4-9-26(10-5-15)8-3-14-1-6-20(23,24)7-2-14/h11-15H,1-10H2,(H,25,27). The average Bonchev–Trinajstić information content (AvgIpc) is 2.60. The predicted molar refractivity (Wildman–Crippen MR) is 101 cm³/mol. The van der Waals surface area contributed by atoms with E-state index in [1.807, 2.05) is 0 Å². The van der Waals surface area contributed by atoms with Crippen LogP contribution in [0.15, 0.2) is 18.2 Å². The van der Waals surface area contributed by atoms with Crippen LogP contribution in [0.2, 0.25) is 5.02 Å². The molecule has 0 bridgehead atoms. The number of halogens is 4.